The lowest BCUT2D eigenvalue weighted by Gasteiger charge is -2.14. The van der Waals surface area contributed by atoms with E-state index in [-0.39, 0.29) is 18.6 Å². The molecule has 0 saturated carbocycles. The molecular formula is C14H20ClNO3. The van der Waals surface area contributed by atoms with Gasteiger partial charge in [-0.05, 0) is 31.5 Å². The summed E-state index contributed by atoms with van der Waals surface area (Å²) in [4.78, 5) is 11.0. The van der Waals surface area contributed by atoms with Crippen molar-refractivity contribution in [2.24, 2.45) is 0 Å². The lowest BCUT2D eigenvalue weighted by Crippen LogP contribution is -2.24. The molecule has 0 spiro atoms. The molecule has 4 nitrogen and oxygen atoms in total. The van der Waals surface area contributed by atoms with Crippen LogP contribution in [0, 0.1) is 0 Å². The number of ether oxygens (including phenoxy) is 2. The number of carbonyl (C=O) groups is 1. The lowest BCUT2D eigenvalue weighted by molar-refractivity contribution is -0.148. The number of rotatable bonds is 8. The minimum Gasteiger partial charge on any atom is -0.464 e. The van der Waals surface area contributed by atoms with E-state index in [2.05, 4.69) is 12.2 Å². The third kappa shape index (κ3) is 6.57. The molecule has 1 N–H and O–H groups in total. The van der Waals surface area contributed by atoms with Crippen molar-refractivity contribution in [2.75, 3.05) is 26.4 Å². The van der Waals surface area contributed by atoms with Crippen molar-refractivity contribution in [3.05, 3.63) is 34.9 Å². The van der Waals surface area contributed by atoms with E-state index in [0.717, 1.165) is 10.6 Å². The van der Waals surface area contributed by atoms with Gasteiger partial charge in [0.2, 0.25) is 0 Å². The fourth-order valence-corrected chi connectivity index (χ4v) is 1.70. The Hall–Kier alpha value is -1.10. The largest absolute Gasteiger partial charge is 0.464 e. The van der Waals surface area contributed by atoms with Crippen LogP contribution in [-0.4, -0.2) is 32.3 Å². The molecule has 1 rings (SSSR count). The maximum Gasteiger partial charge on any atom is 0.332 e. The Morgan fingerprint density at radius 2 is 2.05 bits per heavy atom. The maximum atomic E-state index is 11.0. The SMILES string of the molecule is CCOC(=O)COCCN[C@@H](C)c1ccc(Cl)cc1. The summed E-state index contributed by atoms with van der Waals surface area (Å²) in [5, 5.41) is 4.03. The Kier molecular flexibility index (Phi) is 7.48. The highest BCUT2D eigenvalue weighted by Crippen LogP contribution is 2.15. The standard InChI is InChI=1S/C14H20ClNO3/c1-3-19-14(17)10-18-9-8-16-11(2)12-4-6-13(15)7-5-12/h4-7,11,16H,3,8-10H2,1-2H3/t11-/m0/s1. The highest BCUT2D eigenvalue weighted by Gasteiger charge is 2.05. The van der Waals surface area contributed by atoms with E-state index < -0.39 is 0 Å². The highest BCUT2D eigenvalue weighted by atomic mass is 35.5. The van der Waals surface area contributed by atoms with Crippen molar-refractivity contribution in [1.29, 1.82) is 0 Å². The van der Waals surface area contributed by atoms with Crippen molar-refractivity contribution in [1.82, 2.24) is 5.32 Å². The predicted molar refractivity (Wildman–Crippen MR) is 75.3 cm³/mol. The van der Waals surface area contributed by atoms with Gasteiger partial charge in [0.05, 0.1) is 13.2 Å². The Morgan fingerprint density at radius 3 is 2.68 bits per heavy atom. The zero-order chi connectivity index (χ0) is 14.1. The van der Waals surface area contributed by atoms with Gasteiger partial charge < -0.3 is 14.8 Å². The van der Waals surface area contributed by atoms with Gasteiger partial charge in [0.15, 0.2) is 0 Å². The van der Waals surface area contributed by atoms with Crippen molar-refractivity contribution in [3.8, 4) is 0 Å². The number of halogens is 1. The van der Waals surface area contributed by atoms with Gasteiger partial charge in [-0.2, -0.15) is 0 Å². The molecule has 0 aliphatic heterocycles. The van der Waals surface area contributed by atoms with Crippen LogP contribution < -0.4 is 5.32 Å². The van der Waals surface area contributed by atoms with Crippen LogP contribution in [0.25, 0.3) is 0 Å². The molecular weight excluding hydrogens is 266 g/mol. The zero-order valence-corrected chi connectivity index (χ0v) is 12.1. The first-order valence-corrected chi connectivity index (χ1v) is 6.73. The van der Waals surface area contributed by atoms with Crippen molar-refractivity contribution >= 4 is 17.6 Å². The predicted octanol–water partition coefficient (Wildman–Crippen LogP) is 2.57. The average molecular weight is 286 g/mol. The number of hydrogen-bond donors (Lipinski definition) is 1. The summed E-state index contributed by atoms with van der Waals surface area (Å²) in [5.41, 5.74) is 1.16. The summed E-state index contributed by atoms with van der Waals surface area (Å²) in [7, 11) is 0. The Morgan fingerprint density at radius 1 is 1.37 bits per heavy atom. The second-order valence-electron chi connectivity index (χ2n) is 4.08. The topological polar surface area (TPSA) is 47.6 Å². The molecule has 0 unspecified atom stereocenters. The lowest BCUT2D eigenvalue weighted by atomic mass is 10.1. The van der Waals surface area contributed by atoms with Crippen LogP contribution in [0.4, 0.5) is 0 Å². The first-order valence-electron chi connectivity index (χ1n) is 6.35. The maximum absolute atomic E-state index is 11.0. The summed E-state index contributed by atoms with van der Waals surface area (Å²) < 4.78 is 9.95. The minimum atomic E-state index is -0.326. The third-order valence-corrected chi connectivity index (χ3v) is 2.84. The van der Waals surface area contributed by atoms with E-state index in [9.17, 15) is 4.79 Å². The molecule has 106 valence electrons. The number of benzene rings is 1. The molecule has 0 aromatic heterocycles. The molecule has 1 aromatic carbocycles. The molecule has 0 heterocycles. The van der Waals surface area contributed by atoms with Crippen LogP contribution in [0.2, 0.25) is 5.02 Å². The third-order valence-electron chi connectivity index (χ3n) is 2.59. The molecule has 19 heavy (non-hydrogen) atoms. The molecule has 0 fully saturated rings. The van der Waals surface area contributed by atoms with Crippen LogP contribution in [0.3, 0.4) is 0 Å². The average Bonchev–Trinajstić information content (AvgIpc) is 2.39. The Labute approximate surface area is 119 Å². The van der Waals surface area contributed by atoms with Gasteiger partial charge >= 0.3 is 5.97 Å². The fourth-order valence-electron chi connectivity index (χ4n) is 1.58. The van der Waals surface area contributed by atoms with Gasteiger partial charge in [0.1, 0.15) is 6.61 Å². The zero-order valence-electron chi connectivity index (χ0n) is 11.3. The van der Waals surface area contributed by atoms with E-state index in [1.165, 1.54) is 0 Å². The van der Waals surface area contributed by atoms with Crippen molar-refractivity contribution in [2.45, 2.75) is 19.9 Å². The molecule has 0 aliphatic rings. The van der Waals surface area contributed by atoms with E-state index in [1.54, 1.807) is 6.92 Å². The monoisotopic (exact) mass is 285 g/mol. The van der Waals surface area contributed by atoms with E-state index in [1.807, 2.05) is 24.3 Å². The Balaban J connectivity index is 2.15. The van der Waals surface area contributed by atoms with Crippen molar-refractivity contribution in [3.63, 3.8) is 0 Å². The van der Waals surface area contributed by atoms with Crippen LogP contribution in [0.1, 0.15) is 25.5 Å². The fraction of sp³-hybridized carbons (Fsp3) is 0.500. The molecule has 0 radical (unpaired) electrons. The minimum absolute atomic E-state index is 0.00481. The first kappa shape index (κ1) is 16.0. The smallest absolute Gasteiger partial charge is 0.332 e. The number of hydrogen-bond acceptors (Lipinski definition) is 4. The highest BCUT2D eigenvalue weighted by molar-refractivity contribution is 6.30. The summed E-state index contributed by atoms with van der Waals surface area (Å²) in [6.07, 6.45) is 0. The van der Waals surface area contributed by atoms with E-state index in [0.29, 0.717) is 19.8 Å². The quantitative estimate of drug-likeness (QED) is 0.589. The van der Waals surface area contributed by atoms with E-state index >= 15 is 0 Å². The second-order valence-corrected chi connectivity index (χ2v) is 4.52. The van der Waals surface area contributed by atoms with Gasteiger partial charge in [-0.15, -0.1) is 0 Å². The summed E-state index contributed by atoms with van der Waals surface area (Å²) in [5.74, 6) is -0.326. The van der Waals surface area contributed by atoms with Crippen LogP contribution in [0.15, 0.2) is 24.3 Å². The molecule has 0 bridgehead atoms. The van der Waals surface area contributed by atoms with Gasteiger partial charge in [0.25, 0.3) is 0 Å². The van der Waals surface area contributed by atoms with Crippen LogP contribution in [0.5, 0.6) is 0 Å². The van der Waals surface area contributed by atoms with Crippen molar-refractivity contribution < 1.29 is 14.3 Å². The normalized spacial score (nSPS) is 12.2. The van der Waals surface area contributed by atoms with Gasteiger partial charge in [-0.3, -0.25) is 0 Å². The first-order chi connectivity index (χ1) is 9.13. The summed E-state index contributed by atoms with van der Waals surface area (Å²) in [6.45, 7) is 5.36. The van der Waals surface area contributed by atoms with Crippen LogP contribution in [-0.2, 0) is 14.3 Å². The molecule has 5 heteroatoms. The number of carbonyl (C=O) groups excluding carboxylic acids is 1. The molecule has 1 atom stereocenters. The molecule has 0 aliphatic carbocycles. The van der Waals surface area contributed by atoms with E-state index in [4.69, 9.17) is 21.1 Å². The van der Waals surface area contributed by atoms with Gasteiger partial charge in [-0.25, -0.2) is 4.79 Å². The number of nitrogens with one attached hydrogen (secondary N) is 1. The second kappa shape index (κ2) is 8.91. The summed E-state index contributed by atoms with van der Waals surface area (Å²) >= 11 is 5.83. The van der Waals surface area contributed by atoms with Gasteiger partial charge in [-0.1, -0.05) is 23.7 Å². The number of esters is 1. The molecule has 1 aromatic rings. The Bertz CT molecular complexity index is 381. The molecule has 0 amide bonds. The summed E-state index contributed by atoms with van der Waals surface area (Å²) in [6, 6.07) is 7.92. The van der Waals surface area contributed by atoms with Gasteiger partial charge in [0, 0.05) is 17.6 Å². The van der Waals surface area contributed by atoms with Crippen LogP contribution >= 0.6 is 11.6 Å². The molecule has 0 saturated heterocycles.